The summed E-state index contributed by atoms with van der Waals surface area (Å²) in [6, 6.07) is 4.86. The Morgan fingerprint density at radius 1 is 1.53 bits per heavy atom. The highest BCUT2D eigenvalue weighted by molar-refractivity contribution is 5.72. The van der Waals surface area contributed by atoms with Crippen LogP contribution in [0.25, 0.3) is 11.5 Å². The normalized spacial score (nSPS) is 10.2. The number of amides is 1. The van der Waals surface area contributed by atoms with Gasteiger partial charge in [-0.1, -0.05) is 0 Å². The van der Waals surface area contributed by atoms with E-state index >= 15 is 0 Å². The van der Waals surface area contributed by atoms with Crippen molar-refractivity contribution in [3.05, 3.63) is 30.2 Å². The van der Waals surface area contributed by atoms with E-state index in [4.69, 9.17) is 9.15 Å². The maximum Gasteiger partial charge on any atom is 0.226 e. The average molecular weight is 262 g/mol. The van der Waals surface area contributed by atoms with Gasteiger partial charge >= 0.3 is 0 Å². The zero-order chi connectivity index (χ0) is 13.8. The summed E-state index contributed by atoms with van der Waals surface area (Å²) in [5.41, 5.74) is 1.24. The minimum Gasteiger partial charge on any atom is -0.504 e. The number of hydrogen-bond donors (Lipinski definition) is 2. The van der Waals surface area contributed by atoms with Crippen molar-refractivity contribution in [3.8, 4) is 23.0 Å². The molecule has 2 N–H and O–H groups in total. The van der Waals surface area contributed by atoms with Crippen LogP contribution in [0.4, 0.5) is 0 Å². The van der Waals surface area contributed by atoms with Crippen molar-refractivity contribution in [1.82, 2.24) is 10.3 Å². The van der Waals surface area contributed by atoms with Gasteiger partial charge in [0.05, 0.1) is 19.3 Å². The Balaban J connectivity index is 2.18. The van der Waals surface area contributed by atoms with Crippen LogP contribution in [0.3, 0.4) is 0 Å². The summed E-state index contributed by atoms with van der Waals surface area (Å²) in [7, 11) is 1.48. The molecule has 1 amide bonds. The van der Waals surface area contributed by atoms with E-state index in [1.54, 1.807) is 12.1 Å². The summed E-state index contributed by atoms with van der Waals surface area (Å²) < 4.78 is 10.3. The first-order valence-electron chi connectivity index (χ1n) is 5.66. The van der Waals surface area contributed by atoms with E-state index in [9.17, 15) is 9.90 Å². The van der Waals surface area contributed by atoms with Gasteiger partial charge in [0.1, 0.15) is 6.26 Å². The summed E-state index contributed by atoms with van der Waals surface area (Å²) >= 11 is 0. The molecule has 0 bridgehead atoms. The topological polar surface area (TPSA) is 84.6 Å². The van der Waals surface area contributed by atoms with Crippen LogP contribution >= 0.6 is 0 Å². The van der Waals surface area contributed by atoms with E-state index in [0.717, 1.165) is 0 Å². The number of ether oxygens (including phenoxy) is 1. The highest BCUT2D eigenvalue weighted by atomic mass is 16.5. The van der Waals surface area contributed by atoms with Gasteiger partial charge in [-0.05, 0) is 18.2 Å². The fraction of sp³-hybridized carbons (Fsp3) is 0.231. The van der Waals surface area contributed by atoms with E-state index in [2.05, 4.69) is 10.3 Å². The van der Waals surface area contributed by atoms with Gasteiger partial charge in [-0.3, -0.25) is 4.79 Å². The van der Waals surface area contributed by atoms with Gasteiger partial charge in [0.25, 0.3) is 0 Å². The number of rotatable bonds is 4. The van der Waals surface area contributed by atoms with E-state index in [-0.39, 0.29) is 11.7 Å². The van der Waals surface area contributed by atoms with Crippen molar-refractivity contribution in [2.75, 3.05) is 7.11 Å². The predicted octanol–water partition coefficient (Wildman–Crippen LogP) is 1.69. The van der Waals surface area contributed by atoms with Gasteiger partial charge in [0, 0.05) is 12.5 Å². The highest BCUT2D eigenvalue weighted by Gasteiger charge is 2.10. The Kier molecular flexibility index (Phi) is 3.70. The van der Waals surface area contributed by atoms with Crippen LogP contribution in [0.15, 0.2) is 28.9 Å². The summed E-state index contributed by atoms with van der Waals surface area (Å²) in [6.07, 6.45) is 1.46. The van der Waals surface area contributed by atoms with Crippen LogP contribution in [0.2, 0.25) is 0 Å². The lowest BCUT2D eigenvalue weighted by Crippen LogP contribution is -2.18. The molecule has 1 heterocycles. The molecule has 0 aliphatic rings. The molecule has 6 nitrogen and oxygen atoms in total. The van der Waals surface area contributed by atoms with Crippen molar-refractivity contribution < 1.29 is 19.1 Å². The average Bonchev–Trinajstić information content (AvgIpc) is 2.85. The lowest BCUT2D eigenvalue weighted by molar-refractivity contribution is -0.119. The third-order valence-corrected chi connectivity index (χ3v) is 2.50. The predicted molar refractivity (Wildman–Crippen MR) is 67.7 cm³/mol. The van der Waals surface area contributed by atoms with Crippen LogP contribution in [-0.2, 0) is 11.3 Å². The Labute approximate surface area is 110 Å². The molecule has 0 spiro atoms. The molecule has 19 heavy (non-hydrogen) atoms. The molecule has 0 fully saturated rings. The smallest absolute Gasteiger partial charge is 0.226 e. The third-order valence-electron chi connectivity index (χ3n) is 2.50. The molecule has 1 aromatic carbocycles. The molecule has 0 unspecified atom stereocenters. The Hall–Kier alpha value is -2.50. The number of benzene rings is 1. The first kappa shape index (κ1) is 12.9. The first-order valence-corrected chi connectivity index (χ1v) is 5.66. The zero-order valence-corrected chi connectivity index (χ0v) is 10.6. The van der Waals surface area contributed by atoms with E-state index in [1.807, 2.05) is 0 Å². The number of phenolic OH excluding ortho intramolecular Hbond substituents is 1. The molecular weight excluding hydrogens is 248 g/mol. The summed E-state index contributed by atoms with van der Waals surface area (Å²) in [6.45, 7) is 1.74. The number of methoxy groups -OCH3 is 1. The lowest BCUT2D eigenvalue weighted by atomic mass is 10.2. The molecule has 6 heteroatoms. The quantitative estimate of drug-likeness (QED) is 0.875. The van der Waals surface area contributed by atoms with E-state index < -0.39 is 0 Å². The number of carbonyl (C=O) groups excluding carboxylic acids is 1. The molecule has 0 saturated heterocycles. The lowest BCUT2D eigenvalue weighted by Gasteiger charge is -2.03. The number of nitrogens with zero attached hydrogens (tertiary/aromatic N) is 1. The molecule has 2 rings (SSSR count). The molecular formula is C13H14N2O4. The number of hydrogen-bond acceptors (Lipinski definition) is 5. The van der Waals surface area contributed by atoms with Crippen molar-refractivity contribution in [2.45, 2.75) is 13.5 Å². The molecule has 0 saturated carbocycles. The fourth-order valence-corrected chi connectivity index (χ4v) is 1.56. The zero-order valence-electron chi connectivity index (χ0n) is 10.6. The number of phenols is 1. The van der Waals surface area contributed by atoms with Gasteiger partial charge in [0.2, 0.25) is 11.8 Å². The molecule has 0 aliphatic carbocycles. The van der Waals surface area contributed by atoms with Gasteiger partial charge in [0.15, 0.2) is 11.5 Å². The summed E-state index contributed by atoms with van der Waals surface area (Å²) in [5, 5.41) is 12.3. The van der Waals surface area contributed by atoms with Crippen molar-refractivity contribution in [1.29, 1.82) is 0 Å². The number of aromatic hydroxyl groups is 1. The van der Waals surface area contributed by atoms with Gasteiger partial charge in [-0.25, -0.2) is 4.98 Å². The van der Waals surface area contributed by atoms with E-state index in [1.165, 1.54) is 26.4 Å². The molecule has 0 atom stereocenters. The van der Waals surface area contributed by atoms with Crippen molar-refractivity contribution in [3.63, 3.8) is 0 Å². The summed E-state index contributed by atoms with van der Waals surface area (Å²) in [4.78, 5) is 15.0. The van der Waals surface area contributed by atoms with Crippen LogP contribution in [0.1, 0.15) is 12.6 Å². The molecule has 0 radical (unpaired) electrons. The number of nitrogens with one attached hydrogen (secondary N) is 1. The number of aromatic nitrogens is 1. The molecule has 2 aromatic rings. The highest BCUT2D eigenvalue weighted by Crippen LogP contribution is 2.30. The second kappa shape index (κ2) is 5.43. The Morgan fingerprint density at radius 2 is 2.32 bits per heavy atom. The van der Waals surface area contributed by atoms with Gasteiger partial charge < -0.3 is 19.6 Å². The monoisotopic (exact) mass is 262 g/mol. The minimum absolute atomic E-state index is 0.0154. The maximum absolute atomic E-state index is 10.8. The van der Waals surface area contributed by atoms with Gasteiger partial charge in [-0.2, -0.15) is 0 Å². The molecule has 100 valence electrons. The third kappa shape index (κ3) is 3.04. The number of carbonyl (C=O) groups is 1. The van der Waals surface area contributed by atoms with Crippen LogP contribution in [0, 0.1) is 0 Å². The standard InChI is InChI=1S/C13H14N2O4/c1-8(16)14-6-10-7-19-13(15-10)9-3-4-12(18-2)11(17)5-9/h3-5,7,17H,6H2,1-2H3,(H,14,16). The first-order chi connectivity index (χ1) is 9.10. The maximum atomic E-state index is 10.8. The van der Waals surface area contributed by atoms with E-state index in [0.29, 0.717) is 29.4 Å². The Bertz CT molecular complexity index is 592. The van der Waals surface area contributed by atoms with Crippen LogP contribution in [0.5, 0.6) is 11.5 Å². The van der Waals surface area contributed by atoms with Crippen molar-refractivity contribution >= 4 is 5.91 Å². The second-order valence-corrected chi connectivity index (χ2v) is 3.94. The van der Waals surface area contributed by atoms with Crippen LogP contribution < -0.4 is 10.1 Å². The Morgan fingerprint density at radius 3 is 2.95 bits per heavy atom. The summed E-state index contributed by atoms with van der Waals surface area (Å²) in [5.74, 6) is 0.639. The van der Waals surface area contributed by atoms with Gasteiger partial charge in [-0.15, -0.1) is 0 Å². The van der Waals surface area contributed by atoms with Crippen LogP contribution in [-0.4, -0.2) is 23.1 Å². The molecule has 0 aliphatic heterocycles. The molecule has 1 aromatic heterocycles. The fourth-order valence-electron chi connectivity index (χ4n) is 1.56. The number of oxazole rings is 1. The minimum atomic E-state index is -0.133. The second-order valence-electron chi connectivity index (χ2n) is 3.94. The SMILES string of the molecule is COc1ccc(-c2nc(CNC(C)=O)co2)cc1O. The van der Waals surface area contributed by atoms with Crippen molar-refractivity contribution in [2.24, 2.45) is 0 Å². The largest absolute Gasteiger partial charge is 0.504 e.